The molecule has 2 rings (SSSR count). The van der Waals surface area contributed by atoms with Gasteiger partial charge in [-0.3, -0.25) is 4.79 Å². The fourth-order valence-corrected chi connectivity index (χ4v) is 3.92. The molecular formula is C18H23ClN2O6S. The lowest BCUT2D eigenvalue weighted by atomic mass is 10.1. The summed E-state index contributed by atoms with van der Waals surface area (Å²) in [4.78, 5) is 25.8. The molecule has 154 valence electrons. The number of ether oxygens (including phenoxy) is 2. The molecular weight excluding hydrogens is 408 g/mol. The second-order valence-corrected chi connectivity index (χ2v) is 8.43. The molecule has 1 aromatic carbocycles. The molecule has 10 heteroatoms. The topological polar surface area (TPSA) is 102 Å². The van der Waals surface area contributed by atoms with E-state index in [1.165, 1.54) is 13.2 Å². The number of likely N-dealkylation sites (tertiary alicyclic amines) is 1. The van der Waals surface area contributed by atoms with Crippen LogP contribution in [0.15, 0.2) is 24.1 Å². The van der Waals surface area contributed by atoms with Gasteiger partial charge in [-0.25, -0.2) is 17.9 Å². The average Bonchev–Trinajstić information content (AvgIpc) is 2.66. The van der Waals surface area contributed by atoms with E-state index in [1.54, 1.807) is 17.9 Å². The number of esters is 1. The number of hydrogen-bond donors (Lipinski definition) is 1. The molecule has 1 aliphatic heterocycles. The highest BCUT2D eigenvalue weighted by Crippen LogP contribution is 2.28. The van der Waals surface area contributed by atoms with E-state index in [2.05, 4.69) is 11.3 Å². The predicted octanol–water partition coefficient (Wildman–Crippen LogP) is 1.87. The maximum absolute atomic E-state index is 12.4. The fourth-order valence-electron chi connectivity index (χ4n) is 2.85. The number of piperidine rings is 1. The van der Waals surface area contributed by atoms with Crippen molar-refractivity contribution in [1.29, 1.82) is 0 Å². The molecule has 0 bridgehead atoms. The van der Waals surface area contributed by atoms with Gasteiger partial charge < -0.3 is 14.4 Å². The molecule has 0 aliphatic carbocycles. The number of carbonyl (C=O) groups excluding carboxylic acids is 2. The molecule has 0 saturated carbocycles. The van der Waals surface area contributed by atoms with Crippen LogP contribution in [0, 0.1) is 6.92 Å². The summed E-state index contributed by atoms with van der Waals surface area (Å²) in [5.74, 6) is -0.551. The molecule has 0 spiro atoms. The van der Waals surface area contributed by atoms with Crippen molar-refractivity contribution >= 4 is 33.5 Å². The lowest BCUT2D eigenvalue weighted by Gasteiger charge is -2.32. The summed E-state index contributed by atoms with van der Waals surface area (Å²) in [7, 11) is -2.21. The fraction of sp³-hybridized carbons (Fsp3) is 0.444. The first-order valence-corrected chi connectivity index (χ1v) is 10.5. The molecule has 1 saturated heterocycles. The molecule has 8 nitrogen and oxygen atoms in total. The van der Waals surface area contributed by atoms with Crippen LogP contribution in [0.4, 0.5) is 0 Å². The van der Waals surface area contributed by atoms with Gasteiger partial charge in [0.2, 0.25) is 10.0 Å². The smallest absolute Gasteiger partial charge is 0.338 e. The first kappa shape index (κ1) is 22.2. The quantitative estimate of drug-likeness (QED) is 0.662. The molecule has 1 amide bonds. The van der Waals surface area contributed by atoms with Gasteiger partial charge in [-0.05, 0) is 37.5 Å². The number of hydrogen-bond acceptors (Lipinski definition) is 6. The van der Waals surface area contributed by atoms with Crippen molar-refractivity contribution in [3.63, 3.8) is 0 Å². The molecule has 1 fully saturated rings. The number of aryl methyl sites for hydroxylation is 1. The van der Waals surface area contributed by atoms with Crippen LogP contribution in [0.25, 0.3) is 0 Å². The normalized spacial score (nSPS) is 15.2. The van der Waals surface area contributed by atoms with Gasteiger partial charge in [-0.1, -0.05) is 18.2 Å². The van der Waals surface area contributed by atoms with E-state index in [1.807, 2.05) is 0 Å². The summed E-state index contributed by atoms with van der Waals surface area (Å²) < 4.78 is 35.8. The highest BCUT2D eigenvalue weighted by molar-refractivity contribution is 7.92. The number of methoxy groups -OCH3 is 1. The highest BCUT2D eigenvalue weighted by Gasteiger charge is 2.25. The van der Waals surface area contributed by atoms with Gasteiger partial charge in [0.1, 0.15) is 5.75 Å². The van der Waals surface area contributed by atoms with E-state index in [-0.39, 0.29) is 29.3 Å². The Balaban J connectivity index is 1.93. The molecule has 1 aromatic rings. The van der Waals surface area contributed by atoms with Crippen molar-refractivity contribution in [2.75, 3.05) is 26.8 Å². The van der Waals surface area contributed by atoms with Crippen LogP contribution in [-0.4, -0.2) is 58.0 Å². The second-order valence-electron chi connectivity index (χ2n) is 6.36. The first-order valence-electron chi connectivity index (χ1n) is 8.60. The van der Waals surface area contributed by atoms with E-state index in [0.717, 1.165) is 5.41 Å². The SMILES string of the molecule is C=CS(=O)(=O)NC1CCN(C(=O)COc2cc(C(=O)OC)c(C)cc2Cl)CC1. The Morgan fingerprint density at radius 2 is 2.00 bits per heavy atom. The zero-order valence-corrected chi connectivity index (χ0v) is 17.3. The van der Waals surface area contributed by atoms with Crippen molar-refractivity contribution in [2.45, 2.75) is 25.8 Å². The van der Waals surface area contributed by atoms with Gasteiger partial charge in [-0.2, -0.15) is 0 Å². The molecule has 0 unspecified atom stereocenters. The lowest BCUT2D eigenvalue weighted by Crippen LogP contribution is -2.47. The number of amides is 1. The third-order valence-corrected chi connectivity index (χ3v) is 5.83. The maximum Gasteiger partial charge on any atom is 0.338 e. The third kappa shape index (κ3) is 5.70. The van der Waals surface area contributed by atoms with Gasteiger partial charge in [0.25, 0.3) is 5.91 Å². The van der Waals surface area contributed by atoms with Crippen LogP contribution in [0.3, 0.4) is 0 Å². The largest absolute Gasteiger partial charge is 0.482 e. The van der Waals surface area contributed by atoms with Gasteiger partial charge in [0, 0.05) is 24.5 Å². The van der Waals surface area contributed by atoms with Crippen LogP contribution in [0.2, 0.25) is 5.02 Å². The zero-order chi connectivity index (χ0) is 20.9. The van der Waals surface area contributed by atoms with E-state index >= 15 is 0 Å². The summed E-state index contributed by atoms with van der Waals surface area (Å²) in [5.41, 5.74) is 0.948. The minimum absolute atomic E-state index is 0.217. The monoisotopic (exact) mass is 430 g/mol. The summed E-state index contributed by atoms with van der Waals surface area (Å²) in [5, 5.41) is 1.15. The highest BCUT2D eigenvalue weighted by atomic mass is 35.5. The van der Waals surface area contributed by atoms with E-state index < -0.39 is 16.0 Å². The van der Waals surface area contributed by atoms with Crippen LogP contribution in [0.5, 0.6) is 5.75 Å². The average molecular weight is 431 g/mol. The number of benzene rings is 1. The number of nitrogens with zero attached hydrogens (tertiary/aromatic N) is 1. The maximum atomic E-state index is 12.4. The standard InChI is InChI=1S/C18H23ClN2O6S/c1-4-28(24,25)20-13-5-7-21(8-6-13)17(22)11-27-16-10-14(18(23)26-3)12(2)9-15(16)19/h4,9-10,13,20H,1,5-8,11H2,2-3H3. The Hall–Kier alpha value is -2.10. The Morgan fingerprint density at radius 3 is 2.57 bits per heavy atom. The zero-order valence-electron chi connectivity index (χ0n) is 15.7. The minimum atomic E-state index is -3.49. The number of halogens is 1. The van der Waals surface area contributed by atoms with Gasteiger partial charge in [0.15, 0.2) is 6.61 Å². The summed E-state index contributed by atoms with van der Waals surface area (Å²) in [6.45, 7) is 5.54. The summed E-state index contributed by atoms with van der Waals surface area (Å²) >= 11 is 6.14. The van der Waals surface area contributed by atoms with Gasteiger partial charge >= 0.3 is 5.97 Å². The molecule has 1 heterocycles. The van der Waals surface area contributed by atoms with E-state index in [4.69, 9.17) is 21.1 Å². The van der Waals surface area contributed by atoms with Crippen LogP contribution < -0.4 is 9.46 Å². The summed E-state index contributed by atoms with van der Waals surface area (Å²) in [6, 6.07) is 2.79. The predicted molar refractivity (Wildman–Crippen MR) is 105 cm³/mol. The molecule has 1 aliphatic rings. The molecule has 0 aromatic heterocycles. The van der Waals surface area contributed by atoms with Gasteiger partial charge in [0.05, 0.1) is 17.7 Å². The minimum Gasteiger partial charge on any atom is -0.482 e. The number of carbonyl (C=O) groups is 2. The lowest BCUT2D eigenvalue weighted by molar-refractivity contribution is -0.134. The number of nitrogens with one attached hydrogen (secondary N) is 1. The van der Waals surface area contributed by atoms with Crippen LogP contribution in [0.1, 0.15) is 28.8 Å². The molecule has 28 heavy (non-hydrogen) atoms. The Kier molecular flexibility index (Phi) is 7.45. The number of rotatable bonds is 7. The van der Waals surface area contributed by atoms with Crippen molar-refractivity contribution in [3.8, 4) is 5.75 Å². The van der Waals surface area contributed by atoms with Crippen molar-refractivity contribution in [1.82, 2.24) is 9.62 Å². The molecule has 1 N–H and O–H groups in total. The van der Waals surface area contributed by atoms with Gasteiger partial charge in [-0.15, -0.1) is 0 Å². The molecule has 0 atom stereocenters. The Bertz CT molecular complexity index is 863. The second kappa shape index (κ2) is 9.40. The Morgan fingerprint density at radius 1 is 1.36 bits per heavy atom. The van der Waals surface area contributed by atoms with Crippen molar-refractivity contribution < 1.29 is 27.5 Å². The molecule has 0 radical (unpaired) electrons. The van der Waals surface area contributed by atoms with E-state index in [9.17, 15) is 18.0 Å². The first-order chi connectivity index (χ1) is 13.2. The number of sulfonamides is 1. The summed E-state index contributed by atoms with van der Waals surface area (Å²) in [6.07, 6.45) is 0.993. The third-order valence-electron chi connectivity index (χ3n) is 4.43. The van der Waals surface area contributed by atoms with Crippen molar-refractivity contribution in [2.24, 2.45) is 0 Å². The van der Waals surface area contributed by atoms with Crippen molar-refractivity contribution in [3.05, 3.63) is 40.3 Å². The van der Waals surface area contributed by atoms with E-state index in [0.29, 0.717) is 37.1 Å². The van der Waals surface area contributed by atoms with Crippen LogP contribution >= 0.6 is 11.6 Å². The Labute approximate surface area is 169 Å². The van der Waals surface area contributed by atoms with Crippen LogP contribution in [-0.2, 0) is 19.6 Å².